The molecule has 4 nitrogen and oxygen atoms in total. The Morgan fingerprint density at radius 1 is 1.21 bits per heavy atom. The SMILES string of the molecule is C=C(F)CCC(=O)N(CCCCCC(=O)OC)c1cccc(Br)c1. The molecule has 0 aromatic heterocycles. The molecule has 0 spiro atoms. The van der Waals surface area contributed by atoms with E-state index >= 15 is 0 Å². The predicted molar refractivity (Wildman–Crippen MR) is 96.5 cm³/mol. The van der Waals surface area contributed by atoms with Gasteiger partial charge in [0, 0.05) is 36.0 Å². The Kier molecular flexibility index (Phi) is 9.30. The highest BCUT2D eigenvalue weighted by molar-refractivity contribution is 9.10. The van der Waals surface area contributed by atoms with Gasteiger partial charge >= 0.3 is 5.97 Å². The van der Waals surface area contributed by atoms with Gasteiger partial charge < -0.3 is 9.64 Å². The van der Waals surface area contributed by atoms with Crippen LogP contribution in [0.3, 0.4) is 0 Å². The fourth-order valence-corrected chi connectivity index (χ4v) is 2.62. The minimum Gasteiger partial charge on any atom is -0.469 e. The summed E-state index contributed by atoms with van der Waals surface area (Å²) in [6, 6.07) is 7.44. The Bertz CT molecular complexity index is 577. The van der Waals surface area contributed by atoms with Gasteiger partial charge in [0.05, 0.1) is 12.9 Å². The minimum absolute atomic E-state index is 0.0334. The van der Waals surface area contributed by atoms with Crippen molar-refractivity contribution in [3.8, 4) is 0 Å². The zero-order chi connectivity index (χ0) is 17.9. The molecule has 0 saturated carbocycles. The number of hydrogen-bond donors (Lipinski definition) is 0. The third kappa shape index (κ3) is 7.73. The van der Waals surface area contributed by atoms with E-state index in [1.54, 1.807) is 4.90 Å². The van der Waals surface area contributed by atoms with E-state index in [2.05, 4.69) is 27.2 Å². The molecule has 0 bridgehead atoms. The Labute approximate surface area is 150 Å². The van der Waals surface area contributed by atoms with Crippen LogP contribution in [0, 0.1) is 0 Å². The van der Waals surface area contributed by atoms with Crippen molar-refractivity contribution in [3.63, 3.8) is 0 Å². The molecule has 1 aromatic rings. The van der Waals surface area contributed by atoms with Crippen LogP contribution in [0.15, 0.2) is 41.1 Å². The molecule has 0 aliphatic heterocycles. The van der Waals surface area contributed by atoms with Crippen LogP contribution in [-0.2, 0) is 14.3 Å². The number of methoxy groups -OCH3 is 1. The van der Waals surface area contributed by atoms with Crippen molar-refractivity contribution in [2.24, 2.45) is 0 Å². The normalized spacial score (nSPS) is 10.3. The van der Waals surface area contributed by atoms with E-state index in [-0.39, 0.29) is 24.7 Å². The molecule has 0 N–H and O–H groups in total. The summed E-state index contributed by atoms with van der Waals surface area (Å²) in [4.78, 5) is 25.2. The van der Waals surface area contributed by atoms with Crippen LogP contribution in [-0.4, -0.2) is 25.5 Å². The standard InChI is InChI=1S/C18H23BrFNO3/c1-14(20)10-11-17(22)21(16-8-6-7-15(19)13-16)12-5-3-4-9-18(23)24-2/h6-8,13H,1,3-5,9-12H2,2H3. The van der Waals surface area contributed by atoms with Crippen LogP contribution in [0.25, 0.3) is 0 Å². The number of esters is 1. The fraction of sp³-hybridized carbons (Fsp3) is 0.444. The van der Waals surface area contributed by atoms with Crippen LogP contribution in [0.4, 0.5) is 10.1 Å². The van der Waals surface area contributed by atoms with Crippen molar-refractivity contribution < 1.29 is 18.7 Å². The van der Waals surface area contributed by atoms with Gasteiger partial charge in [-0.2, -0.15) is 0 Å². The fourth-order valence-electron chi connectivity index (χ4n) is 2.24. The van der Waals surface area contributed by atoms with Gasteiger partial charge in [-0.3, -0.25) is 9.59 Å². The molecule has 0 radical (unpaired) electrons. The highest BCUT2D eigenvalue weighted by Crippen LogP contribution is 2.22. The highest BCUT2D eigenvalue weighted by atomic mass is 79.9. The van der Waals surface area contributed by atoms with Crippen LogP contribution in [0.1, 0.15) is 38.5 Å². The number of allylic oxidation sites excluding steroid dienone is 1. The summed E-state index contributed by atoms with van der Waals surface area (Å²) in [6.07, 6.45) is 2.78. The summed E-state index contributed by atoms with van der Waals surface area (Å²) < 4.78 is 18.3. The van der Waals surface area contributed by atoms with Crippen LogP contribution < -0.4 is 4.90 Å². The molecule has 0 heterocycles. The molecule has 0 unspecified atom stereocenters. The number of hydrogen-bond acceptors (Lipinski definition) is 3. The number of benzene rings is 1. The zero-order valence-electron chi connectivity index (χ0n) is 13.9. The maximum absolute atomic E-state index is 12.8. The molecular formula is C18H23BrFNO3. The van der Waals surface area contributed by atoms with E-state index in [1.807, 2.05) is 24.3 Å². The van der Waals surface area contributed by atoms with Gasteiger partial charge in [0.25, 0.3) is 0 Å². The lowest BCUT2D eigenvalue weighted by molar-refractivity contribution is -0.140. The second-order valence-corrected chi connectivity index (χ2v) is 6.34. The molecule has 1 rings (SSSR count). The number of rotatable bonds is 10. The lowest BCUT2D eigenvalue weighted by atomic mass is 10.1. The first-order valence-corrected chi connectivity index (χ1v) is 8.69. The van der Waals surface area contributed by atoms with Crippen molar-refractivity contribution in [1.82, 2.24) is 0 Å². The van der Waals surface area contributed by atoms with Gasteiger partial charge in [-0.15, -0.1) is 0 Å². The van der Waals surface area contributed by atoms with E-state index in [0.717, 1.165) is 23.0 Å². The number of nitrogens with zero attached hydrogens (tertiary/aromatic N) is 1. The molecule has 6 heteroatoms. The molecule has 1 amide bonds. The summed E-state index contributed by atoms with van der Waals surface area (Å²) in [5, 5.41) is 0. The second-order valence-electron chi connectivity index (χ2n) is 5.43. The molecule has 132 valence electrons. The van der Waals surface area contributed by atoms with Crippen LogP contribution >= 0.6 is 15.9 Å². The van der Waals surface area contributed by atoms with Crippen LogP contribution in [0.2, 0.25) is 0 Å². The average Bonchev–Trinajstić information content (AvgIpc) is 2.55. The maximum atomic E-state index is 12.8. The molecule has 0 atom stereocenters. The van der Waals surface area contributed by atoms with E-state index in [4.69, 9.17) is 0 Å². The highest BCUT2D eigenvalue weighted by Gasteiger charge is 2.16. The van der Waals surface area contributed by atoms with Crippen molar-refractivity contribution in [1.29, 1.82) is 0 Å². The van der Waals surface area contributed by atoms with E-state index in [0.29, 0.717) is 19.4 Å². The quantitative estimate of drug-likeness (QED) is 0.420. The summed E-state index contributed by atoms with van der Waals surface area (Å²) in [5.41, 5.74) is 0.770. The van der Waals surface area contributed by atoms with E-state index < -0.39 is 5.83 Å². The third-order valence-electron chi connectivity index (χ3n) is 3.52. The van der Waals surface area contributed by atoms with Gasteiger partial charge in [0.2, 0.25) is 5.91 Å². The van der Waals surface area contributed by atoms with Gasteiger partial charge in [-0.25, -0.2) is 4.39 Å². The number of halogens is 2. The Morgan fingerprint density at radius 3 is 2.58 bits per heavy atom. The maximum Gasteiger partial charge on any atom is 0.305 e. The summed E-state index contributed by atoms with van der Waals surface area (Å²) in [5.74, 6) is -0.855. The zero-order valence-corrected chi connectivity index (χ0v) is 15.5. The minimum atomic E-state index is -0.490. The monoisotopic (exact) mass is 399 g/mol. The van der Waals surface area contributed by atoms with Gasteiger partial charge in [0.1, 0.15) is 0 Å². The number of amides is 1. The lowest BCUT2D eigenvalue weighted by Gasteiger charge is -2.23. The van der Waals surface area contributed by atoms with Crippen molar-refractivity contribution in [3.05, 3.63) is 41.1 Å². The summed E-state index contributed by atoms with van der Waals surface area (Å²) in [7, 11) is 1.37. The Morgan fingerprint density at radius 2 is 1.96 bits per heavy atom. The molecule has 0 aliphatic carbocycles. The molecule has 24 heavy (non-hydrogen) atoms. The first-order valence-electron chi connectivity index (χ1n) is 7.90. The predicted octanol–water partition coefficient (Wildman–Crippen LogP) is 4.78. The molecule has 0 saturated heterocycles. The summed E-state index contributed by atoms with van der Waals surface area (Å²) in [6.45, 7) is 3.72. The molecule has 0 fully saturated rings. The number of carbonyl (C=O) groups excluding carboxylic acids is 2. The van der Waals surface area contributed by atoms with Crippen LogP contribution in [0.5, 0.6) is 0 Å². The first-order chi connectivity index (χ1) is 11.4. The third-order valence-corrected chi connectivity index (χ3v) is 4.01. The second kappa shape index (κ2) is 11.0. The number of carbonyl (C=O) groups is 2. The van der Waals surface area contributed by atoms with E-state index in [1.165, 1.54) is 7.11 Å². The lowest BCUT2D eigenvalue weighted by Crippen LogP contribution is -2.31. The number of unbranched alkanes of at least 4 members (excludes halogenated alkanes) is 2. The Balaban J connectivity index is 2.62. The first kappa shape index (κ1) is 20.4. The van der Waals surface area contributed by atoms with Crippen molar-refractivity contribution >= 4 is 33.5 Å². The molecule has 0 aliphatic rings. The topological polar surface area (TPSA) is 46.6 Å². The number of ether oxygens (including phenoxy) is 1. The Hall–Kier alpha value is -1.69. The van der Waals surface area contributed by atoms with Gasteiger partial charge in [-0.05, 0) is 31.0 Å². The van der Waals surface area contributed by atoms with Gasteiger partial charge in [0.15, 0.2) is 0 Å². The smallest absolute Gasteiger partial charge is 0.305 e. The average molecular weight is 400 g/mol. The van der Waals surface area contributed by atoms with Gasteiger partial charge in [-0.1, -0.05) is 35.0 Å². The molecular weight excluding hydrogens is 377 g/mol. The molecule has 1 aromatic carbocycles. The van der Waals surface area contributed by atoms with Crippen molar-refractivity contribution in [2.45, 2.75) is 38.5 Å². The van der Waals surface area contributed by atoms with Crippen molar-refractivity contribution in [2.75, 3.05) is 18.6 Å². The largest absolute Gasteiger partial charge is 0.469 e. The number of anilines is 1. The summed E-state index contributed by atoms with van der Waals surface area (Å²) >= 11 is 3.40. The van der Waals surface area contributed by atoms with E-state index in [9.17, 15) is 14.0 Å².